The molecule has 2 N–H and O–H groups in total. The van der Waals surface area contributed by atoms with Gasteiger partial charge in [-0.05, 0) is 38.3 Å². The van der Waals surface area contributed by atoms with E-state index >= 15 is 0 Å². The van der Waals surface area contributed by atoms with Gasteiger partial charge in [0.15, 0.2) is 9.84 Å². The molecule has 1 fully saturated rings. The summed E-state index contributed by atoms with van der Waals surface area (Å²) in [4.78, 5) is 12.1. The molecule has 2 aliphatic heterocycles. The van der Waals surface area contributed by atoms with Gasteiger partial charge in [0.1, 0.15) is 11.4 Å². The van der Waals surface area contributed by atoms with Crippen LogP contribution >= 0.6 is 0 Å². The Balaban J connectivity index is 1.59. The first kappa shape index (κ1) is 17.1. The first-order valence-electron chi connectivity index (χ1n) is 8.27. The highest BCUT2D eigenvalue weighted by molar-refractivity contribution is 7.91. The van der Waals surface area contributed by atoms with Gasteiger partial charge in [-0.25, -0.2) is 13.2 Å². The fraction of sp³-hybridized carbons (Fsp3) is 0.588. The molecule has 0 aliphatic carbocycles. The van der Waals surface area contributed by atoms with Crippen LogP contribution in [0.3, 0.4) is 0 Å². The molecule has 0 radical (unpaired) electrons. The van der Waals surface area contributed by atoms with Crippen molar-refractivity contribution in [3.05, 3.63) is 29.8 Å². The minimum Gasteiger partial charge on any atom is -0.488 e. The highest BCUT2D eigenvalue weighted by Crippen LogP contribution is 2.40. The van der Waals surface area contributed by atoms with Gasteiger partial charge in [0.2, 0.25) is 0 Å². The predicted octanol–water partition coefficient (Wildman–Crippen LogP) is 1.82. The Labute approximate surface area is 142 Å². The number of urea groups is 1. The average Bonchev–Trinajstić information content (AvgIpc) is 2.82. The van der Waals surface area contributed by atoms with Crippen LogP contribution < -0.4 is 15.4 Å². The number of para-hydroxylation sites is 1. The van der Waals surface area contributed by atoms with Gasteiger partial charge in [0.05, 0.1) is 11.5 Å². The number of hydrogen-bond donors (Lipinski definition) is 2. The zero-order valence-electron chi connectivity index (χ0n) is 14.0. The predicted molar refractivity (Wildman–Crippen MR) is 92.1 cm³/mol. The van der Waals surface area contributed by atoms with E-state index in [-0.39, 0.29) is 35.1 Å². The van der Waals surface area contributed by atoms with E-state index in [1.54, 1.807) is 0 Å². The second kappa shape index (κ2) is 6.27. The van der Waals surface area contributed by atoms with Crippen molar-refractivity contribution in [2.45, 2.75) is 44.2 Å². The summed E-state index contributed by atoms with van der Waals surface area (Å²) >= 11 is 0. The van der Waals surface area contributed by atoms with E-state index in [1.165, 1.54) is 0 Å². The quantitative estimate of drug-likeness (QED) is 0.869. The number of ether oxygens (including phenoxy) is 1. The summed E-state index contributed by atoms with van der Waals surface area (Å²) in [7, 11) is -2.99. The number of fused-ring (bicyclic) bond motifs is 1. The Hall–Kier alpha value is -1.76. The molecule has 2 heterocycles. The van der Waals surface area contributed by atoms with Crippen molar-refractivity contribution in [2.24, 2.45) is 0 Å². The molecule has 0 spiro atoms. The summed E-state index contributed by atoms with van der Waals surface area (Å²) in [6.07, 6.45) is 1.30. The van der Waals surface area contributed by atoms with E-state index in [4.69, 9.17) is 4.74 Å². The number of carbonyl (C=O) groups excluding carboxylic acids is 1. The lowest BCUT2D eigenvalue weighted by molar-refractivity contribution is 0.0720. The molecule has 2 aliphatic rings. The van der Waals surface area contributed by atoms with Crippen LogP contribution in [0.4, 0.5) is 4.79 Å². The number of amides is 2. The second-order valence-corrected chi connectivity index (χ2v) is 9.48. The molecular formula is C17H24N2O4S. The van der Waals surface area contributed by atoms with E-state index in [9.17, 15) is 13.2 Å². The second-order valence-electron chi connectivity index (χ2n) is 7.25. The van der Waals surface area contributed by atoms with Crippen molar-refractivity contribution in [1.82, 2.24) is 10.6 Å². The zero-order valence-corrected chi connectivity index (χ0v) is 14.9. The van der Waals surface area contributed by atoms with Crippen LogP contribution in [-0.2, 0) is 9.84 Å². The summed E-state index contributed by atoms with van der Waals surface area (Å²) in [5.74, 6) is 1.22. The van der Waals surface area contributed by atoms with Crippen molar-refractivity contribution in [1.29, 1.82) is 0 Å². The van der Waals surface area contributed by atoms with Gasteiger partial charge in [0.25, 0.3) is 0 Å². The number of benzene rings is 1. The topological polar surface area (TPSA) is 84.5 Å². The van der Waals surface area contributed by atoms with Gasteiger partial charge >= 0.3 is 6.03 Å². The molecule has 2 amide bonds. The zero-order chi connectivity index (χ0) is 17.4. The van der Waals surface area contributed by atoms with E-state index in [2.05, 4.69) is 10.6 Å². The average molecular weight is 352 g/mol. The minimum atomic E-state index is -2.99. The molecule has 7 heteroatoms. The van der Waals surface area contributed by atoms with Crippen molar-refractivity contribution in [3.8, 4) is 5.75 Å². The lowest BCUT2D eigenvalue weighted by Crippen LogP contribution is -2.45. The summed E-state index contributed by atoms with van der Waals surface area (Å²) in [6, 6.07) is 7.30. The molecule has 24 heavy (non-hydrogen) atoms. The molecule has 0 aromatic heterocycles. The van der Waals surface area contributed by atoms with Gasteiger partial charge in [-0.3, -0.25) is 0 Å². The third-order valence-electron chi connectivity index (χ3n) is 4.56. The maximum absolute atomic E-state index is 12.1. The molecular weight excluding hydrogens is 328 g/mol. The fourth-order valence-electron chi connectivity index (χ4n) is 3.50. The van der Waals surface area contributed by atoms with Gasteiger partial charge in [-0.2, -0.15) is 0 Å². The van der Waals surface area contributed by atoms with Gasteiger partial charge in [0, 0.05) is 18.5 Å². The van der Waals surface area contributed by atoms with E-state index in [0.717, 1.165) is 17.7 Å². The normalized spacial score (nSPS) is 26.9. The molecule has 0 saturated carbocycles. The van der Waals surface area contributed by atoms with Crippen LogP contribution in [0, 0.1) is 0 Å². The van der Waals surface area contributed by atoms with Crippen molar-refractivity contribution < 1.29 is 17.9 Å². The summed E-state index contributed by atoms with van der Waals surface area (Å²) in [5, 5.41) is 5.64. The fourth-order valence-corrected chi connectivity index (χ4v) is 5.17. The highest BCUT2D eigenvalue weighted by Gasteiger charge is 2.34. The maximum Gasteiger partial charge on any atom is 0.315 e. The summed E-state index contributed by atoms with van der Waals surface area (Å²) < 4.78 is 28.9. The van der Waals surface area contributed by atoms with Crippen molar-refractivity contribution >= 4 is 15.9 Å². The Kier molecular flexibility index (Phi) is 4.46. The van der Waals surface area contributed by atoms with Crippen LogP contribution in [0.1, 0.15) is 38.2 Å². The molecule has 2 atom stereocenters. The van der Waals surface area contributed by atoms with Crippen molar-refractivity contribution in [2.75, 3.05) is 18.1 Å². The van der Waals surface area contributed by atoms with Crippen LogP contribution in [-0.4, -0.2) is 44.1 Å². The molecule has 1 saturated heterocycles. The third kappa shape index (κ3) is 4.01. The minimum absolute atomic E-state index is 0.0353. The van der Waals surface area contributed by atoms with E-state index < -0.39 is 9.84 Å². The van der Waals surface area contributed by atoms with Crippen molar-refractivity contribution in [3.63, 3.8) is 0 Å². The first-order chi connectivity index (χ1) is 11.2. The SMILES string of the molecule is CC1(C)CC(CNC(=O)NC2CCS(=O)(=O)C2)c2ccccc2O1. The molecule has 0 bridgehead atoms. The Morgan fingerprint density at radius 2 is 2.08 bits per heavy atom. The molecule has 6 nitrogen and oxygen atoms in total. The molecule has 2 unspecified atom stereocenters. The monoisotopic (exact) mass is 352 g/mol. The van der Waals surface area contributed by atoms with E-state index in [1.807, 2.05) is 38.1 Å². The molecule has 3 rings (SSSR count). The first-order valence-corrected chi connectivity index (χ1v) is 10.1. The van der Waals surface area contributed by atoms with Crippen LogP contribution in [0.5, 0.6) is 5.75 Å². The lowest BCUT2D eigenvalue weighted by atomic mass is 9.84. The summed E-state index contributed by atoms with van der Waals surface area (Å²) in [6.45, 7) is 4.58. The number of hydrogen-bond acceptors (Lipinski definition) is 4. The van der Waals surface area contributed by atoms with Crippen LogP contribution in [0.2, 0.25) is 0 Å². The number of nitrogens with one attached hydrogen (secondary N) is 2. The molecule has 1 aromatic rings. The number of carbonyl (C=O) groups is 1. The van der Waals surface area contributed by atoms with E-state index in [0.29, 0.717) is 13.0 Å². The van der Waals surface area contributed by atoms with Crippen LogP contribution in [0.15, 0.2) is 24.3 Å². The van der Waals surface area contributed by atoms with Crippen LogP contribution in [0.25, 0.3) is 0 Å². The maximum atomic E-state index is 12.1. The number of sulfone groups is 1. The largest absolute Gasteiger partial charge is 0.488 e. The molecule has 132 valence electrons. The van der Waals surface area contributed by atoms with Gasteiger partial charge in [-0.15, -0.1) is 0 Å². The van der Waals surface area contributed by atoms with Gasteiger partial charge in [-0.1, -0.05) is 18.2 Å². The van der Waals surface area contributed by atoms with Gasteiger partial charge < -0.3 is 15.4 Å². The number of rotatable bonds is 3. The Bertz CT molecular complexity index is 730. The third-order valence-corrected chi connectivity index (χ3v) is 6.33. The standard InChI is InChI=1S/C17H24N2O4S/c1-17(2)9-12(14-5-3-4-6-15(14)23-17)10-18-16(20)19-13-7-8-24(21,22)11-13/h3-6,12-13H,7-11H2,1-2H3,(H2,18,19,20). The highest BCUT2D eigenvalue weighted by atomic mass is 32.2. The Morgan fingerprint density at radius 3 is 2.79 bits per heavy atom. The summed E-state index contributed by atoms with van der Waals surface area (Å²) in [5.41, 5.74) is 0.817. The molecule has 1 aromatic carbocycles. The smallest absolute Gasteiger partial charge is 0.315 e. The lowest BCUT2D eigenvalue weighted by Gasteiger charge is -2.37. The Morgan fingerprint density at radius 1 is 1.33 bits per heavy atom.